The van der Waals surface area contributed by atoms with Crippen molar-refractivity contribution in [1.82, 2.24) is 15.1 Å². The summed E-state index contributed by atoms with van der Waals surface area (Å²) in [4.78, 5) is 14.5. The van der Waals surface area contributed by atoms with Crippen molar-refractivity contribution >= 4 is 17.7 Å². The number of rotatable bonds is 2. The Kier molecular flexibility index (Phi) is 2.86. The smallest absolute Gasteiger partial charge is 0.274 e. The van der Waals surface area contributed by atoms with Gasteiger partial charge in [0, 0.05) is 37.2 Å². The molecule has 1 N–H and O–H groups in total. The molecule has 0 saturated carbocycles. The molecule has 1 unspecified atom stereocenters. The lowest BCUT2D eigenvalue weighted by molar-refractivity contribution is 0.0446. The van der Waals surface area contributed by atoms with Gasteiger partial charge in [-0.3, -0.25) is 9.89 Å². The number of carbonyl (C=O) groups excluding carboxylic acids is 1. The van der Waals surface area contributed by atoms with Crippen LogP contribution in [0.3, 0.4) is 0 Å². The van der Waals surface area contributed by atoms with Gasteiger partial charge in [-0.25, -0.2) is 0 Å². The van der Waals surface area contributed by atoms with Gasteiger partial charge >= 0.3 is 0 Å². The predicted molar refractivity (Wildman–Crippen MR) is 77.1 cm³/mol. The number of methoxy groups -OCH3 is 1. The van der Waals surface area contributed by atoms with E-state index in [9.17, 15) is 4.79 Å². The summed E-state index contributed by atoms with van der Waals surface area (Å²) in [5.41, 5.74) is 2.99. The summed E-state index contributed by atoms with van der Waals surface area (Å²) in [5.74, 6) is 1.16. The van der Waals surface area contributed by atoms with E-state index in [1.165, 1.54) is 5.69 Å². The van der Waals surface area contributed by atoms with Crippen molar-refractivity contribution in [3.63, 3.8) is 0 Å². The van der Waals surface area contributed by atoms with Crippen LogP contribution in [0.5, 0.6) is 0 Å². The molecule has 3 heterocycles. The first-order chi connectivity index (χ1) is 9.71. The summed E-state index contributed by atoms with van der Waals surface area (Å²) in [5, 5.41) is 7.26. The van der Waals surface area contributed by atoms with E-state index in [1.54, 1.807) is 7.11 Å². The van der Waals surface area contributed by atoms with Crippen LogP contribution in [0.15, 0.2) is 0 Å². The Bertz CT molecular complexity index is 551. The van der Waals surface area contributed by atoms with E-state index in [1.807, 2.05) is 16.7 Å². The van der Waals surface area contributed by atoms with Crippen LogP contribution in [0.2, 0.25) is 0 Å². The Balaban J connectivity index is 1.44. The number of aromatic nitrogens is 2. The fourth-order valence-corrected chi connectivity index (χ4v) is 5.20. The van der Waals surface area contributed by atoms with E-state index in [0.29, 0.717) is 11.8 Å². The lowest BCUT2D eigenvalue weighted by Gasteiger charge is -2.47. The monoisotopic (exact) mass is 293 g/mol. The fraction of sp³-hybridized carbons (Fsp3) is 0.714. The third kappa shape index (κ3) is 1.81. The summed E-state index contributed by atoms with van der Waals surface area (Å²) in [6.45, 7) is 1.69. The molecule has 5 nitrogen and oxygen atoms in total. The highest BCUT2D eigenvalue weighted by Crippen LogP contribution is 2.46. The van der Waals surface area contributed by atoms with Crippen molar-refractivity contribution in [2.75, 3.05) is 26.0 Å². The third-order valence-corrected chi connectivity index (χ3v) is 6.34. The molecule has 0 radical (unpaired) electrons. The van der Waals surface area contributed by atoms with Gasteiger partial charge < -0.3 is 9.64 Å². The van der Waals surface area contributed by atoms with Crippen molar-refractivity contribution in [3.8, 4) is 0 Å². The van der Waals surface area contributed by atoms with Crippen molar-refractivity contribution in [2.45, 2.75) is 36.5 Å². The quantitative estimate of drug-likeness (QED) is 0.891. The second-order valence-electron chi connectivity index (χ2n) is 6.10. The highest BCUT2D eigenvalue weighted by Gasteiger charge is 2.51. The summed E-state index contributed by atoms with van der Waals surface area (Å²) in [6.07, 6.45) is 4.58. The van der Waals surface area contributed by atoms with Crippen molar-refractivity contribution in [1.29, 1.82) is 0 Å². The standard InChI is InChI=1S/C14H19N3O2S/c1-19-9-5-14(20-6-9)7-17(8-14)13(18)12-10-3-2-4-11(10)15-16-12/h9H,2-8H2,1H3,(H,15,16). The van der Waals surface area contributed by atoms with Gasteiger partial charge in [0.1, 0.15) is 0 Å². The van der Waals surface area contributed by atoms with E-state index in [-0.39, 0.29) is 10.7 Å². The molecular formula is C14H19N3O2S. The molecular weight excluding hydrogens is 274 g/mol. The zero-order valence-corrected chi connectivity index (χ0v) is 12.5. The minimum Gasteiger partial charge on any atom is -0.381 e. The maximum atomic E-state index is 12.5. The van der Waals surface area contributed by atoms with Gasteiger partial charge in [-0.2, -0.15) is 5.10 Å². The number of carbonyl (C=O) groups is 1. The summed E-state index contributed by atoms with van der Waals surface area (Å²) in [6, 6.07) is 0. The van der Waals surface area contributed by atoms with Crippen LogP contribution in [0.1, 0.15) is 34.6 Å². The molecule has 20 heavy (non-hydrogen) atoms. The molecule has 1 amide bonds. The van der Waals surface area contributed by atoms with Gasteiger partial charge in [0.15, 0.2) is 5.69 Å². The Morgan fingerprint density at radius 1 is 1.50 bits per heavy atom. The minimum absolute atomic E-state index is 0.108. The molecule has 4 rings (SSSR count). The zero-order chi connectivity index (χ0) is 13.7. The Morgan fingerprint density at radius 3 is 3.10 bits per heavy atom. The molecule has 6 heteroatoms. The van der Waals surface area contributed by atoms with Crippen LogP contribution >= 0.6 is 11.8 Å². The van der Waals surface area contributed by atoms with Gasteiger partial charge in [-0.1, -0.05) is 0 Å². The minimum atomic E-state index is 0.108. The lowest BCUT2D eigenvalue weighted by atomic mass is 9.92. The molecule has 3 aliphatic rings. The Hall–Kier alpha value is -1.01. The van der Waals surface area contributed by atoms with E-state index < -0.39 is 0 Å². The molecule has 1 spiro atoms. The SMILES string of the molecule is COC1CSC2(C1)CN(C(=O)c1n[nH]c3c1CCC3)C2. The number of thioether (sulfide) groups is 1. The molecule has 1 aromatic heterocycles. The second kappa shape index (κ2) is 4.49. The number of nitrogens with one attached hydrogen (secondary N) is 1. The molecule has 1 atom stereocenters. The van der Waals surface area contributed by atoms with Crippen LogP contribution in [0.4, 0.5) is 0 Å². The highest BCUT2D eigenvalue weighted by atomic mass is 32.2. The van der Waals surface area contributed by atoms with Crippen molar-refractivity contribution in [3.05, 3.63) is 17.0 Å². The number of fused-ring (bicyclic) bond motifs is 1. The highest BCUT2D eigenvalue weighted by molar-refractivity contribution is 8.01. The number of hydrogen-bond acceptors (Lipinski definition) is 4. The Morgan fingerprint density at radius 2 is 2.35 bits per heavy atom. The second-order valence-corrected chi connectivity index (χ2v) is 7.59. The number of nitrogens with zero attached hydrogens (tertiary/aromatic N) is 2. The first kappa shape index (κ1) is 12.7. The van der Waals surface area contributed by atoms with E-state index in [4.69, 9.17) is 4.74 Å². The maximum absolute atomic E-state index is 12.5. The first-order valence-electron chi connectivity index (χ1n) is 7.23. The third-order valence-electron chi connectivity index (χ3n) is 4.76. The molecule has 2 fully saturated rings. The number of aromatic amines is 1. The van der Waals surface area contributed by atoms with E-state index in [2.05, 4.69) is 10.2 Å². The molecule has 0 aromatic carbocycles. The fourth-order valence-electron chi connectivity index (χ4n) is 3.61. The normalized spacial score (nSPS) is 26.9. The van der Waals surface area contributed by atoms with Crippen molar-refractivity contribution in [2.24, 2.45) is 0 Å². The van der Waals surface area contributed by atoms with Crippen LogP contribution in [0, 0.1) is 0 Å². The van der Waals surface area contributed by atoms with Gasteiger partial charge in [-0.05, 0) is 25.7 Å². The largest absolute Gasteiger partial charge is 0.381 e. The maximum Gasteiger partial charge on any atom is 0.274 e. The molecule has 1 aliphatic carbocycles. The number of amides is 1. The number of likely N-dealkylation sites (tertiary alicyclic amines) is 1. The molecule has 108 valence electrons. The predicted octanol–water partition coefficient (Wildman–Crippen LogP) is 1.24. The van der Waals surface area contributed by atoms with Gasteiger partial charge in [0.05, 0.1) is 10.9 Å². The zero-order valence-electron chi connectivity index (χ0n) is 11.6. The average Bonchev–Trinajstić information content (AvgIpc) is 3.10. The van der Waals surface area contributed by atoms with Crippen molar-refractivity contribution < 1.29 is 9.53 Å². The molecule has 2 saturated heterocycles. The average molecular weight is 293 g/mol. The number of aryl methyl sites for hydroxylation is 1. The summed E-state index contributed by atoms with van der Waals surface area (Å²) >= 11 is 1.96. The topological polar surface area (TPSA) is 58.2 Å². The molecule has 0 bridgehead atoms. The first-order valence-corrected chi connectivity index (χ1v) is 8.21. The van der Waals surface area contributed by atoms with Crippen LogP contribution in [-0.2, 0) is 17.6 Å². The van der Waals surface area contributed by atoms with Gasteiger partial charge in [0.25, 0.3) is 5.91 Å². The van der Waals surface area contributed by atoms with Gasteiger partial charge in [0.2, 0.25) is 0 Å². The van der Waals surface area contributed by atoms with E-state index in [0.717, 1.165) is 50.1 Å². The molecule has 2 aliphatic heterocycles. The number of H-pyrrole nitrogens is 1. The van der Waals surface area contributed by atoms with Crippen LogP contribution in [0.25, 0.3) is 0 Å². The summed E-state index contributed by atoms with van der Waals surface area (Å²) in [7, 11) is 1.78. The Labute approximate surface area is 122 Å². The molecule has 1 aromatic rings. The summed E-state index contributed by atoms with van der Waals surface area (Å²) < 4.78 is 5.67. The number of hydrogen-bond donors (Lipinski definition) is 1. The van der Waals surface area contributed by atoms with Crippen LogP contribution in [-0.4, -0.2) is 57.8 Å². The van der Waals surface area contributed by atoms with Gasteiger partial charge in [-0.15, -0.1) is 11.8 Å². The van der Waals surface area contributed by atoms with Crippen LogP contribution < -0.4 is 0 Å². The lowest BCUT2D eigenvalue weighted by Crippen LogP contribution is -2.60. The van der Waals surface area contributed by atoms with E-state index >= 15 is 0 Å². The number of ether oxygens (including phenoxy) is 1.